The van der Waals surface area contributed by atoms with Crippen LogP contribution in [0.4, 0.5) is 0 Å². The van der Waals surface area contributed by atoms with Crippen LogP contribution in [0.2, 0.25) is 0 Å². The van der Waals surface area contributed by atoms with Crippen LogP contribution >= 0.6 is 0 Å². The zero-order valence-electron chi connectivity index (χ0n) is 12.8. The third-order valence-electron chi connectivity index (χ3n) is 4.53. The van der Waals surface area contributed by atoms with E-state index < -0.39 is 0 Å². The van der Waals surface area contributed by atoms with Crippen LogP contribution in [0.1, 0.15) is 31.5 Å². The second-order valence-electron chi connectivity index (χ2n) is 6.45. The SMILES string of the molecule is C[C@@H]1C[C@H]1C(=O)N1Cc2ccnn2[C@H](CC(=O)N(C)C)C1. The molecule has 1 fully saturated rings. The number of hydrogen-bond donors (Lipinski definition) is 0. The molecule has 6 nitrogen and oxygen atoms in total. The van der Waals surface area contributed by atoms with Gasteiger partial charge in [-0.3, -0.25) is 14.3 Å². The quantitative estimate of drug-likeness (QED) is 0.831. The van der Waals surface area contributed by atoms with Gasteiger partial charge in [0, 0.05) is 32.8 Å². The van der Waals surface area contributed by atoms with Crippen LogP contribution in [0.5, 0.6) is 0 Å². The van der Waals surface area contributed by atoms with Gasteiger partial charge in [0.2, 0.25) is 11.8 Å². The van der Waals surface area contributed by atoms with Gasteiger partial charge < -0.3 is 9.80 Å². The largest absolute Gasteiger partial charge is 0.349 e. The molecule has 0 spiro atoms. The minimum Gasteiger partial charge on any atom is -0.349 e. The minimum atomic E-state index is -0.0587. The maximum atomic E-state index is 12.5. The number of carbonyl (C=O) groups is 2. The molecule has 2 heterocycles. The summed E-state index contributed by atoms with van der Waals surface area (Å²) in [5, 5.41) is 4.33. The first-order valence-electron chi connectivity index (χ1n) is 7.48. The number of fused-ring (bicyclic) bond motifs is 1. The van der Waals surface area contributed by atoms with Crippen molar-refractivity contribution in [3.63, 3.8) is 0 Å². The van der Waals surface area contributed by atoms with E-state index >= 15 is 0 Å². The van der Waals surface area contributed by atoms with Gasteiger partial charge in [0.15, 0.2) is 0 Å². The molecule has 6 heteroatoms. The summed E-state index contributed by atoms with van der Waals surface area (Å²) in [6.07, 6.45) is 3.12. The summed E-state index contributed by atoms with van der Waals surface area (Å²) in [6.45, 7) is 3.30. The Morgan fingerprint density at radius 1 is 1.43 bits per heavy atom. The zero-order valence-corrected chi connectivity index (χ0v) is 12.8. The molecule has 0 unspecified atom stereocenters. The van der Waals surface area contributed by atoms with Gasteiger partial charge >= 0.3 is 0 Å². The van der Waals surface area contributed by atoms with Gasteiger partial charge in [-0.05, 0) is 18.4 Å². The van der Waals surface area contributed by atoms with Crippen molar-refractivity contribution in [2.45, 2.75) is 32.4 Å². The highest BCUT2D eigenvalue weighted by molar-refractivity contribution is 5.82. The van der Waals surface area contributed by atoms with E-state index in [1.165, 1.54) is 0 Å². The molecule has 0 bridgehead atoms. The van der Waals surface area contributed by atoms with Crippen molar-refractivity contribution in [3.8, 4) is 0 Å². The molecule has 114 valence electrons. The first kappa shape index (κ1) is 14.1. The van der Waals surface area contributed by atoms with Crippen molar-refractivity contribution in [1.82, 2.24) is 19.6 Å². The lowest BCUT2D eigenvalue weighted by molar-refractivity contribution is -0.137. The third kappa shape index (κ3) is 2.66. The monoisotopic (exact) mass is 290 g/mol. The van der Waals surface area contributed by atoms with E-state index in [2.05, 4.69) is 12.0 Å². The van der Waals surface area contributed by atoms with E-state index in [1.54, 1.807) is 25.2 Å². The number of aromatic nitrogens is 2. The van der Waals surface area contributed by atoms with Crippen LogP contribution in [-0.2, 0) is 16.1 Å². The first-order valence-corrected chi connectivity index (χ1v) is 7.48. The highest BCUT2D eigenvalue weighted by Crippen LogP contribution is 2.40. The molecule has 0 saturated heterocycles. The molecule has 2 amide bonds. The Balaban J connectivity index is 1.77. The van der Waals surface area contributed by atoms with Gasteiger partial charge in [-0.2, -0.15) is 5.10 Å². The Bertz CT molecular complexity index is 566. The topological polar surface area (TPSA) is 58.4 Å². The van der Waals surface area contributed by atoms with Crippen molar-refractivity contribution in [2.24, 2.45) is 11.8 Å². The van der Waals surface area contributed by atoms with E-state index in [0.717, 1.165) is 12.1 Å². The summed E-state index contributed by atoms with van der Waals surface area (Å²) in [6, 6.07) is 1.87. The molecular weight excluding hydrogens is 268 g/mol. The fourth-order valence-electron chi connectivity index (χ4n) is 2.99. The minimum absolute atomic E-state index is 0.0587. The van der Waals surface area contributed by atoms with Crippen molar-refractivity contribution in [2.75, 3.05) is 20.6 Å². The predicted molar refractivity (Wildman–Crippen MR) is 77.3 cm³/mol. The van der Waals surface area contributed by atoms with Crippen LogP contribution in [-0.4, -0.2) is 52.0 Å². The van der Waals surface area contributed by atoms with E-state index in [9.17, 15) is 9.59 Å². The second kappa shape index (κ2) is 5.16. The van der Waals surface area contributed by atoms with Crippen LogP contribution in [0.25, 0.3) is 0 Å². The van der Waals surface area contributed by atoms with Gasteiger partial charge in [-0.25, -0.2) is 0 Å². The third-order valence-corrected chi connectivity index (χ3v) is 4.53. The Morgan fingerprint density at radius 2 is 2.14 bits per heavy atom. The Kier molecular flexibility index (Phi) is 3.47. The Morgan fingerprint density at radius 3 is 2.76 bits per heavy atom. The van der Waals surface area contributed by atoms with Crippen LogP contribution in [0.15, 0.2) is 12.3 Å². The normalized spacial score (nSPS) is 27.2. The fourth-order valence-corrected chi connectivity index (χ4v) is 2.99. The lowest BCUT2D eigenvalue weighted by atomic mass is 10.1. The summed E-state index contributed by atoms with van der Waals surface area (Å²) in [5.41, 5.74) is 1.01. The lowest BCUT2D eigenvalue weighted by Gasteiger charge is -2.34. The van der Waals surface area contributed by atoms with E-state index in [1.807, 2.05) is 15.6 Å². The average molecular weight is 290 g/mol. The number of rotatable bonds is 3. The van der Waals surface area contributed by atoms with Crippen LogP contribution < -0.4 is 0 Å². The fraction of sp³-hybridized carbons (Fsp3) is 0.667. The Hall–Kier alpha value is -1.85. The highest BCUT2D eigenvalue weighted by atomic mass is 16.2. The van der Waals surface area contributed by atoms with E-state index in [4.69, 9.17) is 0 Å². The zero-order chi connectivity index (χ0) is 15.1. The molecule has 0 aromatic carbocycles. The standard InChI is InChI=1S/C15H22N4O2/c1-10-6-13(10)15(21)18-8-11-4-5-16-19(11)12(9-18)7-14(20)17(2)3/h4-5,10,12-13H,6-9H2,1-3H3/t10-,12-,13-/m1/s1. The van der Waals surface area contributed by atoms with Crippen molar-refractivity contribution < 1.29 is 9.59 Å². The number of hydrogen-bond acceptors (Lipinski definition) is 3. The summed E-state index contributed by atoms with van der Waals surface area (Å²) in [4.78, 5) is 28.0. The Labute approximate surface area is 124 Å². The van der Waals surface area contributed by atoms with Gasteiger partial charge in [-0.15, -0.1) is 0 Å². The average Bonchev–Trinajstić information content (AvgIpc) is 2.98. The summed E-state index contributed by atoms with van der Waals surface area (Å²) in [7, 11) is 3.51. The van der Waals surface area contributed by atoms with E-state index in [-0.39, 0.29) is 23.8 Å². The lowest BCUT2D eigenvalue weighted by Crippen LogP contribution is -2.43. The molecule has 1 aliphatic carbocycles. The van der Waals surface area contributed by atoms with Gasteiger partial charge in [0.1, 0.15) is 0 Å². The molecule has 0 N–H and O–H groups in total. The smallest absolute Gasteiger partial charge is 0.226 e. The van der Waals surface area contributed by atoms with Crippen LogP contribution in [0.3, 0.4) is 0 Å². The van der Waals surface area contributed by atoms with Gasteiger partial charge in [0.25, 0.3) is 0 Å². The molecule has 1 aliphatic heterocycles. The molecule has 21 heavy (non-hydrogen) atoms. The molecule has 3 atom stereocenters. The predicted octanol–water partition coefficient (Wildman–Crippen LogP) is 0.901. The second-order valence-corrected chi connectivity index (χ2v) is 6.45. The maximum Gasteiger partial charge on any atom is 0.226 e. The van der Waals surface area contributed by atoms with Crippen molar-refractivity contribution in [1.29, 1.82) is 0 Å². The summed E-state index contributed by atoms with van der Waals surface area (Å²) >= 11 is 0. The molecular formula is C15H22N4O2. The maximum absolute atomic E-state index is 12.5. The van der Waals surface area contributed by atoms with Gasteiger partial charge in [0.05, 0.1) is 24.7 Å². The number of amides is 2. The van der Waals surface area contributed by atoms with Crippen molar-refractivity contribution in [3.05, 3.63) is 18.0 Å². The highest BCUT2D eigenvalue weighted by Gasteiger charge is 2.43. The molecule has 1 aromatic heterocycles. The number of carbonyl (C=O) groups excluding carboxylic acids is 2. The van der Waals surface area contributed by atoms with Crippen molar-refractivity contribution >= 4 is 11.8 Å². The molecule has 1 aromatic rings. The van der Waals surface area contributed by atoms with Crippen LogP contribution in [0, 0.1) is 11.8 Å². The van der Waals surface area contributed by atoms with E-state index in [0.29, 0.717) is 25.4 Å². The van der Waals surface area contributed by atoms with Gasteiger partial charge in [-0.1, -0.05) is 6.92 Å². The molecule has 1 saturated carbocycles. The summed E-state index contributed by atoms with van der Waals surface area (Å²) in [5.74, 6) is 0.989. The molecule has 0 radical (unpaired) electrons. The molecule has 2 aliphatic rings. The molecule has 3 rings (SSSR count). The first-order chi connectivity index (χ1) is 9.97. The summed E-state index contributed by atoms with van der Waals surface area (Å²) < 4.78 is 1.90. The number of nitrogens with zero attached hydrogens (tertiary/aromatic N) is 4.